The molecule has 0 aliphatic carbocycles. The lowest BCUT2D eigenvalue weighted by molar-refractivity contribution is -0.388. The van der Waals surface area contributed by atoms with E-state index in [0.29, 0.717) is 19.3 Å². The fourth-order valence-electron chi connectivity index (χ4n) is 2.86. The van der Waals surface area contributed by atoms with E-state index < -0.39 is 32.4 Å². The van der Waals surface area contributed by atoms with Crippen LogP contribution in [0.1, 0.15) is 24.8 Å². The maximum atomic E-state index is 12.7. The molecule has 0 radical (unpaired) electrons. The first-order valence-electron chi connectivity index (χ1n) is 8.59. The van der Waals surface area contributed by atoms with Gasteiger partial charge in [-0.1, -0.05) is 18.2 Å². The predicted molar refractivity (Wildman–Crippen MR) is 99.1 cm³/mol. The molecule has 0 atom stereocenters. The summed E-state index contributed by atoms with van der Waals surface area (Å²) in [6.45, 7) is 0.726. The van der Waals surface area contributed by atoms with E-state index in [4.69, 9.17) is 0 Å². The monoisotopic (exact) mass is 447 g/mol. The van der Waals surface area contributed by atoms with Gasteiger partial charge in [-0.2, -0.15) is 17.5 Å². The zero-order valence-electron chi connectivity index (χ0n) is 14.9. The molecule has 2 aromatic rings. The molecular formula is C17H16F3N3O4S2. The average Bonchev–Trinajstić information content (AvgIpc) is 2.68. The zero-order chi connectivity index (χ0) is 21.2. The predicted octanol–water partition coefficient (Wildman–Crippen LogP) is 4.33. The Labute approximate surface area is 169 Å². The van der Waals surface area contributed by atoms with Crippen molar-refractivity contribution in [2.24, 2.45) is 0 Å². The lowest BCUT2D eigenvalue weighted by atomic mass is 10.2. The van der Waals surface area contributed by atoms with Crippen molar-refractivity contribution in [3.8, 4) is 0 Å². The van der Waals surface area contributed by atoms with Gasteiger partial charge in [-0.15, -0.1) is 0 Å². The van der Waals surface area contributed by atoms with Crippen LogP contribution in [0.25, 0.3) is 0 Å². The number of pyridine rings is 1. The number of hydrogen-bond acceptors (Lipinski definition) is 6. The number of sulfonamides is 1. The first-order chi connectivity index (χ1) is 13.6. The Bertz CT molecular complexity index is 1010. The molecule has 3 rings (SSSR count). The van der Waals surface area contributed by atoms with Crippen LogP contribution >= 0.6 is 11.8 Å². The van der Waals surface area contributed by atoms with E-state index in [1.54, 1.807) is 0 Å². The van der Waals surface area contributed by atoms with Gasteiger partial charge in [0, 0.05) is 25.4 Å². The molecule has 0 unspecified atom stereocenters. The van der Waals surface area contributed by atoms with Gasteiger partial charge in [0.25, 0.3) is 5.69 Å². The van der Waals surface area contributed by atoms with Crippen LogP contribution in [0.4, 0.5) is 18.9 Å². The summed E-state index contributed by atoms with van der Waals surface area (Å²) in [7, 11) is -3.85. The minimum Gasteiger partial charge on any atom is -0.258 e. The van der Waals surface area contributed by atoms with E-state index in [-0.39, 0.29) is 14.8 Å². The van der Waals surface area contributed by atoms with Crippen molar-refractivity contribution >= 4 is 27.5 Å². The first-order valence-corrected chi connectivity index (χ1v) is 10.8. The van der Waals surface area contributed by atoms with Gasteiger partial charge in [-0.3, -0.25) is 10.1 Å². The third-order valence-electron chi connectivity index (χ3n) is 4.36. The van der Waals surface area contributed by atoms with E-state index in [0.717, 1.165) is 49.2 Å². The van der Waals surface area contributed by atoms with Gasteiger partial charge in [0.05, 0.1) is 20.3 Å². The second-order valence-electron chi connectivity index (χ2n) is 6.34. The van der Waals surface area contributed by atoms with Crippen LogP contribution in [0.15, 0.2) is 51.3 Å². The summed E-state index contributed by atoms with van der Waals surface area (Å²) >= 11 is 0.788. The Balaban J connectivity index is 1.89. The van der Waals surface area contributed by atoms with Crippen molar-refractivity contribution in [2.45, 2.75) is 40.3 Å². The molecule has 1 fully saturated rings. The molecule has 0 bridgehead atoms. The molecule has 1 aromatic heterocycles. The molecule has 29 heavy (non-hydrogen) atoms. The van der Waals surface area contributed by atoms with Crippen molar-refractivity contribution in [3.63, 3.8) is 0 Å². The molecule has 0 N–H and O–H groups in total. The number of nitrogens with zero attached hydrogens (tertiary/aromatic N) is 3. The van der Waals surface area contributed by atoms with Gasteiger partial charge < -0.3 is 0 Å². The first kappa shape index (κ1) is 21.5. The molecule has 0 saturated carbocycles. The highest BCUT2D eigenvalue weighted by atomic mass is 32.2. The Morgan fingerprint density at radius 1 is 1.10 bits per heavy atom. The van der Waals surface area contributed by atoms with Gasteiger partial charge in [-0.05, 0) is 37.1 Å². The van der Waals surface area contributed by atoms with Gasteiger partial charge in [0.15, 0.2) is 0 Å². The van der Waals surface area contributed by atoms with Crippen molar-refractivity contribution in [1.29, 1.82) is 0 Å². The number of nitro groups is 1. The number of nitro benzene ring substituents is 1. The highest BCUT2D eigenvalue weighted by Crippen LogP contribution is 2.37. The van der Waals surface area contributed by atoms with Crippen LogP contribution in [0.5, 0.6) is 0 Å². The average molecular weight is 447 g/mol. The zero-order valence-corrected chi connectivity index (χ0v) is 16.6. The SMILES string of the molecule is O=[N+]([O-])c1cc(S(=O)(=O)N2CCCCC2)ccc1Sc1ccc(C(F)(F)F)cn1. The molecule has 0 amide bonds. The fourth-order valence-corrected chi connectivity index (χ4v) is 5.24. The maximum Gasteiger partial charge on any atom is 0.417 e. The highest BCUT2D eigenvalue weighted by Gasteiger charge is 2.31. The standard InChI is InChI=1S/C17H16F3N3O4S2/c18-17(19,20)12-4-7-16(21-11-12)28-15-6-5-13(10-14(15)23(24)25)29(26,27)22-8-2-1-3-9-22/h4-7,10-11H,1-3,8-9H2. The Kier molecular flexibility index (Phi) is 6.15. The van der Waals surface area contributed by atoms with Gasteiger partial charge in [0.1, 0.15) is 5.03 Å². The summed E-state index contributed by atoms with van der Waals surface area (Å²) in [5.74, 6) is 0. The molecule has 12 heteroatoms. The van der Waals surface area contributed by atoms with E-state index in [2.05, 4.69) is 4.98 Å². The number of piperidine rings is 1. The molecule has 1 aliphatic rings. The molecule has 1 aliphatic heterocycles. The molecule has 7 nitrogen and oxygen atoms in total. The molecule has 1 aromatic carbocycles. The lowest BCUT2D eigenvalue weighted by Crippen LogP contribution is -2.35. The second kappa shape index (κ2) is 8.28. The summed E-state index contributed by atoms with van der Waals surface area (Å²) in [6.07, 6.45) is -1.50. The Morgan fingerprint density at radius 2 is 1.79 bits per heavy atom. The topological polar surface area (TPSA) is 93.4 Å². The number of aromatic nitrogens is 1. The van der Waals surface area contributed by atoms with Crippen LogP contribution in [0.2, 0.25) is 0 Å². The van der Waals surface area contributed by atoms with E-state index in [9.17, 15) is 31.7 Å². The minimum absolute atomic E-state index is 0.0832. The number of rotatable bonds is 5. The van der Waals surface area contributed by atoms with E-state index in [1.165, 1.54) is 16.4 Å². The summed E-state index contributed by atoms with van der Waals surface area (Å²) in [4.78, 5) is 14.3. The van der Waals surface area contributed by atoms with Crippen LogP contribution < -0.4 is 0 Å². The maximum absolute atomic E-state index is 12.7. The van der Waals surface area contributed by atoms with Crippen LogP contribution in [0, 0.1) is 10.1 Å². The van der Waals surface area contributed by atoms with Crippen molar-refractivity contribution in [2.75, 3.05) is 13.1 Å². The quantitative estimate of drug-likeness (QED) is 0.500. The van der Waals surface area contributed by atoms with Gasteiger partial charge >= 0.3 is 6.18 Å². The van der Waals surface area contributed by atoms with E-state index >= 15 is 0 Å². The fraction of sp³-hybridized carbons (Fsp3) is 0.353. The summed E-state index contributed by atoms with van der Waals surface area (Å²) < 4.78 is 64.7. The highest BCUT2D eigenvalue weighted by molar-refractivity contribution is 7.99. The summed E-state index contributed by atoms with van der Waals surface area (Å²) in [6, 6.07) is 5.46. The molecular weight excluding hydrogens is 431 g/mol. The third-order valence-corrected chi connectivity index (χ3v) is 7.27. The number of benzene rings is 1. The van der Waals surface area contributed by atoms with Gasteiger partial charge in [-0.25, -0.2) is 13.4 Å². The molecule has 1 saturated heterocycles. The normalized spacial score (nSPS) is 16.0. The largest absolute Gasteiger partial charge is 0.417 e. The molecule has 2 heterocycles. The summed E-state index contributed by atoms with van der Waals surface area (Å²) in [5.41, 5.74) is -1.38. The van der Waals surface area contributed by atoms with Crippen molar-refractivity contribution in [1.82, 2.24) is 9.29 Å². The van der Waals surface area contributed by atoms with Crippen LogP contribution in [0.3, 0.4) is 0 Å². The third kappa shape index (κ3) is 4.87. The second-order valence-corrected chi connectivity index (χ2v) is 9.34. The molecule has 0 spiro atoms. The molecule has 156 valence electrons. The Morgan fingerprint density at radius 3 is 2.34 bits per heavy atom. The van der Waals surface area contributed by atoms with Crippen molar-refractivity contribution in [3.05, 3.63) is 52.2 Å². The van der Waals surface area contributed by atoms with E-state index in [1.807, 2.05) is 0 Å². The smallest absolute Gasteiger partial charge is 0.258 e. The minimum atomic E-state index is -4.54. The lowest BCUT2D eigenvalue weighted by Gasteiger charge is -2.25. The van der Waals surface area contributed by atoms with Crippen molar-refractivity contribution < 1.29 is 26.5 Å². The summed E-state index contributed by atoms with van der Waals surface area (Å²) in [5, 5.41) is 11.6. The number of hydrogen-bond donors (Lipinski definition) is 0. The van der Waals surface area contributed by atoms with Crippen LogP contribution in [-0.4, -0.2) is 35.7 Å². The number of halogens is 3. The van der Waals surface area contributed by atoms with Gasteiger partial charge in [0.2, 0.25) is 10.0 Å². The number of alkyl halides is 3. The van der Waals surface area contributed by atoms with Crippen LogP contribution in [-0.2, 0) is 16.2 Å². The Hall–Kier alpha value is -2.18.